The monoisotopic (exact) mass is 885 g/mol. The van der Waals surface area contributed by atoms with Gasteiger partial charge in [0, 0.05) is 112 Å². The summed E-state index contributed by atoms with van der Waals surface area (Å²) in [5.41, 5.74) is 6.39. The maximum absolute atomic E-state index is 13.2. The average Bonchev–Trinajstić information content (AvgIpc) is 4.05. The van der Waals surface area contributed by atoms with Gasteiger partial charge in [-0.2, -0.15) is 0 Å². The topological polar surface area (TPSA) is 322 Å². The largest absolute Gasteiger partial charge is 0.350 e. The summed E-state index contributed by atoms with van der Waals surface area (Å²) in [5.74, 6) is -3.23. The number of hydrogen-bond acceptors (Lipinski definition) is 12. The van der Waals surface area contributed by atoms with Crippen molar-refractivity contribution < 1.29 is 38.4 Å². The molecule has 0 aliphatic heterocycles. The van der Waals surface area contributed by atoms with Crippen LogP contribution in [-0.4, -0.2) is 111 Å². The van der Waals surface area contributed by atoms with Gasteiger partial charge in [0.2, 0.25) is 35.2 Å². The van der Waals surface area contributed by atoms with Crippen LogP contribution in [0.5, 0.6) is 0 Å². The summed E-state index contributed by atoms with van der Waals surface area (Å²) in [4.78, 5) is 114. The predicted octanol–water partition coefficient (Wildman–Crippen LogP) is 0.0130. The van der Waals surface area contributed by atoms with Gasteiger partial charge in [0.1, 0.15) is 11.4 Å². The highest BCUT2D eigenvalue weighted by Gasteiger charge is 2.21. The van der Waals surface area contributed by atoms with Gasteiger partial charge in [-0.25, -0.2) is 15.0 Å². The van der Waals surface area contributed by atoms with E-state index in [0.29, 0.717) is 12.2 Å². The molecular formula is C39H51N17O8. The third kappa shape index (κ3) is 12.3. The molecule has 0 aliphatic carbocycles. The fourth-order valence-corrected chi connectivity index (χ4v) is 6.13. The van der Waals surface area contributed by atoms with Gasteiger partial charge in [0.15, 0.2) is 17.5 Å². The summed E-state index contributed by atoms with van der Waals surface area (Å²) < 4.78 is 7.34. The van der Waals surface area contributed by atoms with Crippen molar-refractivity contribution in [3.05, 3.63) is 72.0 Å². The molecule has 5 aromatic heterocycles. The molecule has 0 bridgehead atoms. The number of hydrogen-bond donors (Lipinski definition) is 9. The van der Waals surface area contributed by atoms with Crippen LogP contribution < -0.4 is 48.3 Å². The van der Waals surface area contributed by atoms with Gasteiger partial charge in [-0.15, -0.1) is 0 Å². The standard InChI is InChI=1S/C39H51N17O8/c1-7-12-41-37(62)32-49-27(19-54(32)4)47-30(58)9-13-42-35(60)25-16-23(18-53(25)3)45-39(64)34-51-28(21-56(34)6)48-31(59)10-14-43-36(61)24-15-22(17-52(24)2)44-38(63)33-50-26(20-55(33)5)46-29(57)8-11-40/h15-21H,7-14,40H2,1-6H3,(H,41,62)(H,42,60)(H,43,61)(H,44,63)(H,45,64)(H,46,57)(H,47,58)(H,48,59). The number of carbonyl (C=O) groups excluding carboxylic acids is 8. The number of nitrogens with zero attached hydrogens (tertiary/aromatic N) is 8. The van der Waals surface area contributed by atoms with Gasteiger partial charge in [0.05, 0.1) is 11.4 Å². The minimum atomic E-state index is -0.625. The first kappa shape index (κ1) is 47.0. The second-order valence-corrected chi connectivity index (χ2v) is 14.5. The Morgan fingerprint density at radius 2 is 0.828 bits per heavy atom. The van der Waals surface area contributed by atoms with Crippen LogP contribution in [0.25, 0.3) is 0 Å². The number of nitrogens with one attached hydrogen (secondary N) is 8. The SMILES string of the molecule is CCCNC(=O)c1nc(NC(=O)CCNC(=O)c2cc(NC(=O)c3nc(NC(=O)CCNC(=O)c4cc(NC(=O)c5nc(NC(=O)CCN)cn5C)cn4C)cn3C)cn2C)cn1C. The van der Waals surface area contributed by atoms with E-state index in [-0.39, 0.29) is 103 Å². The molecule has 64 heavy (non-hydrogen) atoms. The lowest BCUT2D eigenvalue weighted by Gasteiger charge is -2.06. The Hall–Kier alpha value is -8.09. The number of anilines is 5. The van der Waals surface area contributed by atoms with Crippen molar-refractivity contribution >= 4 is 76.1 Å². The third-order valence-electron chi connectivity index (χ3n) is 9.21. The molecule has 0 atom stereocenters. The minimum absolute atomic E-state index is 0.00625. The number of amides is 8. The molecule has 340 valence electrons. The van der Waals surface area contributed by atoms with E-state index in [0.717, 1.165) is 6.42 Å². The molecule has 8 amide bonds. The molecular weight excluding hydrogens is 835 g/mol. The van der Waals surface area contributed by atoms with Crippen LogP contribution in [0.4, 0.5) is 28.8 Å². The van der Waals surface area contributed by atoms with Gasteiger partial charge in [-0.05, 0) is 18.6 Å². The van der Waals surface area contributed by atoms with Crippen molar-refractivity contribution in [2.45, 2.75) is 32.6 Å². The lowest BCUT2D eigenvalue weighted by Crippen LogP contribution is -2.29. The summed E-state index contributed by atoms with van der Waals surface area (Å²) in [7, 11) is 8.00. The second kappa shape index (κ2) is 21.1. The fraction of sp³-hybridized carbons (Fsp3) is 0.359. The summed E-state index contributed by atoms with van der Waals surface area (Å²) in [6.45, 7) is 2.53. The van der Waals surface area contributed by atoms with Crippen molar-refractivity contribution in [1.82, 2.24) is 53.7 Å². The second-order valence-electron chi connectivity index (χ2n) is 14.5. The van der Waals surface area contributed by atoms with Gasteiger partial charge in [0.25, 0.3) is 29.5 Å². The number of imidazole rings is 3. The molecule has 25 heteroatoms. The first-order valence-electron chi connectivity index (χ1n) is 20.0. The molecule has 0 aliphatic rings. The lowest BCUT2D eigenvalue weighted by atomic mass is 10.3. The number of nitrogens with two attached hydrogens (primary N) is 1. The number of aromatic nitrogens is 8. The molecule has 0 unspecified atom stereocenters. The van der Waals surface area contributed by atoms with E-state index in [1.807, 2.05) is 6.92 Å². The molecule has 10 N–H and O–H groups in total. The van der Waals surface area contributed by atoms with Crippen LogP contribution in [0.1, 0.15) is 85.4 Å². The normalized spacial score (nSPS) is 10.8. The highest BCUT2D eigenvalue weighted by molar-refractivity contribution is 6.05. The Bertz CT molecular complexity index is 2570. The molecule has 0 spiro atoms. The van der Waals surface area contributed by atoms with E-state index in [9.17, 15) is 38.4 Å². The van der Waals surface area contributed by atoms with E-state index in [4.69, 9.17) is 5.73 Å². The van der Waals surface area contributed by atoms with E-state index < -0.39 is 35.4 Å². The van der Waals surface area contributed by atoms with Crippen molar-refractivity contribution in [1.29, 1.82) is 0 Å². The Morgan fingerprint density at radius 1 is 0.469 bits per heavy atom. The zero-order valence-corrected chi connectivity index (χ0v) is 36.1. The number of rotatable bonds is 20. The summed E-state index contributed by atoms with van der Waals surface area (Å²) >= 11 is 0. The Kier molecular flexibility index (Phi) is 15.5. The highest BCUT2D eigenvalue weighted by atomic mass is 16.2. The van der Waals surface area contributed by atoms with Crippen molar-refractivity contribution in [2.75, 3.05) is 52.8 Å². The van der Waals surface area contributed by atoms with E-state index in [2.05, 4.69) is 57.5 Å². The van der Waals surface area contributed by atoms with E-state index in [1.165, 1.54) is 66.0 Å². The van der Waals surface area contributed by atoms with Crippen molar-refractivity contribution in [2.24, 2.45) is 41.0 Å². The van der Waals surface area contributed by atoms with Crippen molar-refractivity contribution in [3.8, 4) is 0 Å². The van der Waals surface area contributed by atoms with Crippen LogP contribution in [-0.2, 0) is 49.6 Å². The van der Waals surface area contributed by atoms with Gasteiger partial charge < -0.3 is 71.1 Å². The fourth-order valence-electron chi connectivity index (χ4n) is 6.13. The Labute approximate surface area is 365 Å². The Morgan fingerprint density at radius 3 is 1.20 bits per heavy atom. The van der Waals surface area contributed by atoms with Crippen LogP contribution in [0, 0.1) is 0 Å². The summed E-state index contributed by atoms with van der Waals surface area (Å²) in [5, 5.41) is 21.2. The zero-order chi connectivity index (χ0) is 46.7. The Balaban J connectivity index is 1.05. The van der Waals surface area contributed by atoms with Crippen LogP contribution in [0.3, 0.4) is 0 Å². The first-order chi connectivity index (χ1) is 30.5. The van der Waals surface area contributed by atoms with E-state index in [1.54, 1.807) is 35.2 Å². The first-order valence-corrected chi connectivity index (χ1v) is 20.0. The maximum Gasteiger partial charge on any atom is 0.291 e. The summed E-state index contributed by atoms with van der Waals surface area (Å²) in [6.07, 6.45) is 8.13. The van der Waals surface area contributed by atoms with Gasteiger partial charge >= 0.3 is 0 Å². The molecule has 5 rings (SSSR count). The zero-order valence-electron chi connectivity index (χ0n) is 36.1. The smallest absolute Gasteiger partial charge is 0.291 e. The van der Waals surface area contributed by atoms with Crippen LogP contribution in [0.2, 0.25) is 0 Å². The molecule has 0 aromatic carbocycles. The minimum Gasteiger partial charge on any atom is -0.350 e. The van der Waals surface area contributed by atoms with Crippen LogP contribution >= 0.6 is 0 Å². The maximum atomic E-state index is 13.2. The lowest BCUT2D eigenvalue weighted by molar-refractivity contribution is -0.116. The highest BCUT2D eigenvalue weighted by Crippen LogP contribution is 2.18. The summed E-state index contributed by atoms with van der Waals surface area (Å²) in [6, 6.07) is 2.90. The molecule has 5 aromatic rings. The quantitative estimate of drug-likeness (QED) is 0.0500. The van der Waals surface area contributed by atoms with Gasteiger partial charge in [-0.1, -0.05) is 6.92 Å². The predicted molar refractivity (Wildman–Crippen MR) is 232 cm³/mol. The molecule has 25 nitrogen and oxygen atoms in total. The van der Waals surface area contributed by atoms with Crippen LogP contribution in [0.15, 0.2) is 43.1 Å². The molecule has 0 saturated carbocycles. The number of carbonyl (C=O) groups is 8. The molecule has 0 fully saturated rings. The number of aryl methyl sites for hydroxylation is 5. The molecule has 0 saturated heterocycles. The average molecular weight is 886 g/mol. The third-order valence-corrected chi connectivity index (χ3v) is 9.21. The van der Waals surface area contributed by atoms with Crippen molar-refractivity contribution in [3.63, 3.8) is 0 Å². The molecule has 5 heterocycles. The van der Waals surface area contributed by atoms with E-state index >= 15 is 0 Å². The molecule has 0 radical (unpaired) electrons. The van der Waals surface area contributed by atoms with Gasteiger partial charge in [-0.3, -0.25) is 38.4 Å².